The first kappa shape index (κ1) is 64.3. The van der Waals surface area contributed by atoms with Crippen molar-refractivity contribution < 1.29 is 24.5 Å². The van der Waals surface area contributed by atoms with Crippen molar-refractivity contribution in [2.24, 2.45) is 0 Å². The number of ether oxygens (including phenoxy) is 1. The van der Waals surface area contributed by atoms with Gasteiger partial charge in [-0.3, -0.25) is 9.59 Å². The van der Waals surface area contributed by atoms with Crippen LogP contribution in [0.4, 0.5) is 0 Å². The van der Waals surface area contributed by atoms with Crippen LogP contribution in [-0.2, 0) is 14.3 Å². The third-order valence-electron chi connectivity index (χ3n) is 12.8. The summed E-state index contributed by atoms with van der Waals surface area (Å²) in [4.78, 5) is 26.2. The Morgan fingerprint density at radius 1 is 0.463 bits per heavy atom. The Labute approximate surface area is 415 Å². The molecule has 3 atom stereocenters. The van der Waals surface area contributed by atoms with Crippen LogP contribution in [-0.4, -0.2) is 46.9 Å². The van der Waals surface area contributed by atoms with Gasteiger partial charge >= 0.3 is 5.97 Å². The van der Waals surface area contributed by atoms with E-state index in [1.807, 2.05) is 6.08 Å². The molecule has 0 saturated carbocycles. The molecule has 0 aliphatic rings. The third-order valence-corrected chi connectivity index (χ3v) is 12.8. The van der Waals surface area contributed by atoms with Crippen LogP contribution in [0.1, 0.15) is 278 Å². The molecule has 0 aromatic rings. The first-order chi connectivity index (χ1) is 33.0. The number of aliphatic hydroxyl groups excluding tert-OH is 2. The Hall–Kier alpha value is -2.70. The second-order valence-corrected chi connectivity index (χ2v) is 19.3. The van der Waals surface area contributed by atoms with Crippen molar-refractivity contribution in [1.82, 2.24) is 5.32 Å². The molecule has 3 unspecified atom stereocenters. The molecule has 0 aromatic carbocycles. The molecule has 0 spiro atoms. The van der Waals surface area contributed by atoms with Gasteiger partial charge in [-0.1, -0.05) is 261 Å². The maximum absolute atomic E-state index is 13.2. The maximum Gasteiger partial charge on any atom is 0.306 e. The zero-order valence-electron chi connectivity index (χ0n) is 44.3. The number of hydrogen-bond donors (Lipinski definition) is 3. The van der Waals surface area contributed by atoms with Gasteiger partial charge in [-0.25, -0.2) is 0 Å². The Morgan fingerprint density at radius 3 is 1.25 bits per heavy atom. The molecule has 0 fully saturated rings. The molecule has 0 radical (unpaired) electrons. The summed E-state index contributed by atoms with van der Waals surface area (Å²) < 4.78 is 5.89. The highest BCUT2D eigenvalue weighted by Crippen LogP contribution is 2.17. The van der Waals surface area contributed by atoms with Gasteiger partial charge in [0, 0.05) is 12.8 Å². The van der Waals surface area contributed by atoms with Crippen LogP contribution in [0.25, 0.3) is 0 Å². The SMILES string of the molecule is CC/C=C\C/C=C\C/C=C\C/C=C\C/C=C\CC(CC(=O)NC(CO)C(O)CCCCCCCCCCCCCCCCC)OC(=O)CCCCCCC/C=C/CCCCCCCCCCC. The summed E-state index contributed by atoms with van der Waals surface area (Å²) >= 11 is 0. The number of unbranched alkanes of at least 4 members (excludes halogenated alkanes) is 28. The topological polar surface area (TPSA) is 95.9 Å². The predicted octanol–water partition coefficient (Wildman–Crippen LogP) is 17.7. The molecule has 0 aliphatic heterocycles. The summed E-state index contributed by atoms with van der Waals surface area (Å²) in [6, 6.07) is -0.737. The molecular formula is C61H109NO5. The molecule has 3 N–H and O–H groups in total. The molecule has 388 valence electrons. The first-order valence-corrected chi connectivity index (χ1v) is 28.7. The predicted molar refractivity (Wildman–Crippen MR) is 291 cm³/mol. The van der Waals surface area contributed by atoms with E-state index in [0.717, 1.165) is 77.0 Å². The number of allylic oxidation sites excluding steroid dienone is 11. The van der Waals surface area contributed by atoms with Gasteiger partial charge in [0.15, 0.2) is 0 Å². The lowest BCUT2D eigenvalue weighted by molar-refractivity contribution is -0.150. The Kier molecular flexibility index (Phi) is 52.1. The Balaban J connectivity index is 4.66. The highest BCUT2D eigenvalue weighted by molar-refractivity contribution is 5.77. The third kappa shape index (κ3) is 49.5. The lowest BCUT2D eigenvalue weighted by atomic mass is 10.0. The average molecular weight is 937 g/mol. The van der Waals surface area contributed by atoms with Crippen molar-refractivity contribution in [1.29, 1.82) is 0 Å². The number of carbonyl (C=O) groups excluding carboxylic acids is 2. The van der Waals surface area contributed by atoms with E-state index < -0.39 is 18.2 Å². The molecule has 0 aromatic heterocycles. The fraction of sp³-hybridized carbons (Fsp3) is 0.770. The summed E-state index contributed by atoms with van der Waals surface area (Å²) in [5, 5.41) is 23.8. The van der Waals surface area contributed by atoms with Crippen molar-refractivity contribution in [2.45, 2.75) is 296 Å². The van der Waals surface area contributed by atoms with Crippen molar-refractivity contribution in [2.75, 3.05) is 6.61 Å². The molecule has 1 amide bonds. The summed E-state index contributed by atoms with van der Waals surface area (Å²) in [7, 11) is 0. The van der Waals surface area contributed by atoms with Gasteiger partial charge in [0.05, 0.1) is 25.2 Å². The molecule has 0 rings (SSSR count). The summed E-state index contributed by atoms with van der Waals surface area (Å²) in [5.41, 5.74) is 0. The van der Waals surface area contributed by atoms with Crippen LogP contribution in [0.2, 0.25) is 0 Å². The summed E-state index contributed by atoms with van der Waals surface area (Å²) in [6.45, 7) is 6.36. The van der Waals surface area contributed by atoms with Gasteiger partial charge in [-0.2, -0.15) is 0 Å². The van der Waals surface area contributed by atoms with E-state index in [1.165, 1.54) is 154 Å². The molecule has 6 nitrogen and oxygen atoms in total. The Bertz CT molecular complexity index is 1230. The van der Waals surface area contributed by atoms with E-state index in [-0.39, 0.29) is 24.9 Å². The van der Waals surface area contributed by atoms with Gasteiger partial charge in [0.2, 0.25) is 5.91 Å². The zero-order chi connectivity index (χ0) is 48.8. The molecular weight excluding hydrogens is 827 g/mol. The van der Waals surface area contributed by atoms with Gasteiger partial charge < -0.3 is 20.3 Å². The number of nitrogens with one attached hydrogen (secondary N) is 1. The normalized spacial score (nSPS) is 13.7. The van der Waals surface area contributed by atoms with Crippen LogP contribution in [0.15, 0.2) is 72.9 Å². The van der Waals surface area contributed by atoms with E-state index in [9.17, 15) is 19.8 Å². The van der Waals surface area contributed by atoms with Gasteiger partial charge in [0.25, 0.3) is 0 Å². The minimum absolute atomic E-state index is 0.00509. The van der Waals surface area contributed by atoms with Gasteiger partial charge in [0.1, 0.15) is 6.10 Å². The zero-order valence-corrected chi connectivity index (χ0v) is 44.3. The lowest BCUT2D eigenvalue weighted by Gasteiger charge is -2.24. The van der Waals surface area contributed by atoms with Crippen LogP contribution >= 0.6 is 0 Å². The smallest absolute Gasteiger partial charge is 0.306 e. The van der Waals surface area contributed by atoms with Crippen LogP contribution in [0.5, 0.6) is 0 Å². The minimum atomic E-state index is -0.816. The van der Waals surface area contributed by atoms with Gasteiger partial charge in [-0.05, 0) is 70.6 Å². The maximum atomic E-state index is 13.2. The number of amides is 1. The highest BCUT2D eigenvalue weighted by atomic mass is 16.5. The van der Waals surface area contributed by atoms with Crippen molar-refractivity contribution in [3.63, 3.8) is 0 Å². The van der Waals surface area contributed by atoms with Crippen LogP contribution in [0.3, 0.4) is 0 Å². The van der Waals surface area contributed by atoms with E-state index in [4.69, 9.17) is 4.74 Å². The number of hydrogen-bond acceptors (Lipinski definition) is 5. The van der Waals surface area contributed by atoms with E-state index >= 15 is 0 Å². The second-order valence-electron chi connectivity index (χ2n) is 19.3. The van der Waals surface area contributed by atoms with Crippen LogP contribution in [0, 0.1) is 0 Å². The number of esters is 1. The summed E-state index contributed by atoms with van der Waals surface area (Å²) in [6.07, 6.45) is 69.9. The average Bonchev–Trinajstić information content (AvgIpc) is 3.32. The number of carbonyl (C=O) groups is 2. The number of aliphatic hydroxyl groups is 2. The molecule has 0 saturated heterocycles. The second kappa shape index (κ2) is 54.2. The first-order valence-electron chi connectivity index (χ1n) is 28.7. The van der Waals surface area contributed by atoms with E-state index in [0.29, 0.717) is 19.3 Å². The fourth-order valence-electron chi connectivity index (χ4n) is 8.45. The minimum Gasteiger partial charge on any atom is -0.461 e. The van der Waals surface area contributed by atoms with Crippen LogP contribution < -0.4 is 5.32 Å². The lowest BCUT2D eigenvalue weighted by Crippen LogP contribution is -2.46. The van der Waals surface area contributed by atoms with E-state index in [1.54, 1.807) is 0 Å². The quantitative estimate of drug-likeness (QED) is 0.0321. The van der Waals surface area contributed by atoms with Gasteiger partial charge in [-0.15, -0.1) is 0 Å². The standard InChI is InChI=1S/C61H109NO5/c1-4-7-10-13-16-19-22-25-28-29-30-33-36-39-42-45-48-51-54-61(66)67-57(52-49-46-43-40-37-34-31-26-23-20-17-14-11-8-5-2)55-60(65)62-58(56-63)59(64)53-50-47-44-41-38-35-32-27-24-21-18-15-12-9-6-3/h8,11,17,20,26,30-31,33,37,40,46,49,57-59,63-64H,4-7,9-10,12-16,18-19,21-25,27-29,32,34-36,38-39,41-45,47-48,50-56H2,1-3H3,(H,62,65)/b11-8-,20-17-,31-26-,33-30+,40-37-,49-46-. The fourth-order valence-corrected chi connectivity index (χ4v) is 8.45. The van der Waals surface area contributed by atoms with Crippen molar-refractivity contribution in [3.05, 3.63) is 72.9 Å². The largest absolute Gasteiger partial charge is 0.461 e. The Morgan fingerprint density at radius 2 is 0.836 bits per heavy atom. The molecule has 0 bridgehead atoms. The molecule has 6 heteroatoms. The summed E-state index contributed by atoms with van der Waals surface area (Å²) in [5.74, 6) is -0.585. The molecule has 0 heterocycles. The van der Waals surface area contributed by atoms with E-state index in [2.05, 4.69) is 92.9 Å². The monoisotopic (exact) mass is 936 g/mol. The van der Waals surface area contributed by atoms with Crippen molar-refractivity contribution >= 4 is 11.9 Å². The molecule has 0 aliphatic carbocycles. The number of rotatable bonds is 51. The molecule has 67 heavy (non-hydrogen) atoms. The highest BCUT2D eigenvalue weighted by Gasteiger charge is 2.23. The van der Waals surface area contributed by atoms with Crippen molar-refractivity contribution in [3.8, 4) is 0 Å².